The minimum atomic E-state index is 0.331. The first-order chi connectivity index (χ1) is 15.7. The molecular weight excluding hydrogens is 396 g/mol. The smallest absolute Gasteiger partial charge is 0.118 e. The molecule has 1 unspecified atom stereocenters. The van der Waals surface area contributed by atoms with Crippen LogP contribution in [0, 0.1) is 0 Å². The third kappa shape index (κ3) is 8.70. The molecule has 2 aromatic carbocycles. The van der Waals surface area contributed by atoms with Gasteiger partial charge < -0.3 is 14.6 Å². The van der Waals surface area contributed by atoms with Gasteiger partial charge in [0.25, 0.3) is 0 Å². The van der Waals surface area contributed by atoms with E-state index in [-0.39, 0.29) is 0 Å². The second-order valence-electron chi connectivity index (χ2n) is 8.46. The highest BCUT2D eigenvalue weighted by Crippen LogP contribution is 2.36. The molecule has 0 fully saturated rings. The summed E-state index contributed by atoms with van der Waals surface area (Å²) in [5, 5.41) is 8.86. The third-order valence-corrected chi connectivity index (χ3v) is 6.20. The Morgan fingerprint density at radius 2 is 1.25 bits per heavy atom. The molecule has 0 aromatic heterocycles. The van der Waals surface area contributed by atoms with Crippen molar-refractivity contribution < 1.29 is 14.6 Å². The maximum atomic E-state index is 8.86. The number of hydrogen-bond acceptors (Lipinski definition) is 3. The summed E-state index contributed by atoms with van der Waals surface area (Å²) in [6.07, 6.45) is 14.4. The molecule has 3 nitrogen and oxygen atoms in total. The fraction of sp³-hybridized carbons (Fsp3) is 0.517. The van der Waals surface area contributed by atoms with E-state index < -0.39 is 0 Å². The molecule has 0 saturated heterocycles. The van der Waals surface area contributed by atoms with Crippen molar-refractivity contribution in [2.24, 2.45) is 0 Å². The van der Waals surface area contributed by atoms with Crippen LogP contribution in [0.2, 0.25) is 0 Å². The number of hydrogen-bond donors (Lipinski definition) is 1. The van der Waals surface area contributed by atoms with Crippen molar-refractivity contribution in [1.29, 1.82) is 0 Å². The first-order valence-electron chi connectivity index (χ1n) is 12.3. The molecule has 0 bridgehead atoms. The van der Waals surface area contributed by atoms with Gasteiger partial charge in [-0.3, -0.25) is 0 Å². The predicted octanol–water partition coefficient (Wildman–Crippen LogP) is 7.78. The van der Waals surface area contributed by atoms with Crippen LogP contribution < -0.4 is 9.47 Å². The highest BCUT2D eigenvalue weighted by molar-refractivity contribution is 5.72. The van der Waals surface area contributed by atoms with Crippen molar-refractivity contribution in [3.63, 3.8) is 0 Å². The maximum absolute atomic E-state index is 8.86. The summed E-state index contributed by atoms with van der Waals surface area (Å²) in [5.74, 6) is 2.15. The summed E-state index contributed by atoms with van der Waals surface area (Å²) in [4.78, 5) is 0. The van der Waals surface area contributed by atoms with E-state index in [0.717, 1.165) is 37.2 Å². The Kier molecular flexibility index (Phi) is 12.6. The van der Waals surface area contributed by atoms with E-state index in [1.165, 1.54) is 55.2 Å². The van der Waals surface area contributed by atoms with Gasteiger partial charge in [-0.1, -0.05) is 75.8 Å². The highest BCUT2D eigenvalue weighted by atomic mass is 16.5. The zero-order valence-corrected chi connectivity index (χ0v) is 20.3. The van der Waals surface area contributed by atoms with Crippen LogP contribution in [0.3, 0.4) is 0 Å². The fourth-order valence-corrected chi connectivity index (χ4v) is 4.29. The molecular formula is C29H42O3. The molecule has 0 radical (unpaired) electrons. The average molecular weight is 439 g/mol. The van der Waals surface area contributed by atoms with Gasteiger partial charge in [-0.15, -0.1) is 0 Å². The second kappa shape index (κ2) is 15.5. The molecule has 2 rings (SSSR count). The Hall–Kier alpha value is -2.26. The van der Waals surface area contributed by atoms with Gasteiger partial charge in [-0.05, 0) is 66.6 Å². The highest BCUT2D eigenvalue weighted by Gasteiger charge is 2.17. The fourth-order valence-electron chi connectivity index (χ4n) is 4.29. The Bertz CT molecular complexity index is 762. The lowest BCUT2D eigenvalue weighted by molar-refractivity contribution is 0.282. The van der Waals surface area contributed by atoms with Crippen molar-refractivity contribution in [3.05, 3.63) is 65.7 Å². The molecule has 0 saturated carbocycles. The average Bonchev–Trinajstić information content (AvgIpc) is 2.85. The Labute approximate surface area is 195 Å². The van der Waals surface area contributed by atoms with Crippen LogP contribution >= 0.6 is 0 Å². The summed E-state index contributed by atoms with van der Waals surface area (Å²) in [6.45, 7) is 2.60. The number of methoxy groups -OCH3 is 2. The first kappa shape index (κ1) is 26.0. The minimum Gasteiger partial charge on any atom is -0.497 e. The van der Waals surface area contributed by atoms with Gasteiger partial charge in [0.05, 0.1) is 14.2 Å². The van der Waals surface area contributed by atoms with Gasteiger partial charge in [0.2, 0.25) is 0 Å². The molecule has 0 aliphatic rings. The standard InChI is InChI=1S/C29H42O3/c1-4-28(24-15-19-26(31-2)20-16-24)29(25-17-21-27(32-3)22-18-25)14-12-10-8-6-5-7-9-11-13-23-30/h14-22,28,30H,4-13,23H2,1-3H3/b29-14+. The van der Waals surface area contributed by atoms with E-state index in [1.807, 2.05) is 0 Å². The van der Waals surface area contributed by atoms with Gasteiger partial charge in [0.15, 0.2) is 0 Å². The first-order valence-corrected chi connectivity index (χ1v) is 12.3. The third-order valence-electron chi connectivity index (χ3n) is 6.20. The SMILES string of the molecule is CCC(/C(=C/CCCCCCCCCCO)c1ccc(OC)cc1)c1ccc(OC)cc1. The van der Waals surface area contributed by atoms with E-state index in [0.29, 0.717) is 12.5 Å². The van der Waals surface area contributed by atoms with Crippen LogP contribution in [0.1, 0.15) is 88.2 Å². The molecule has 2 aromatic rings. The molecule has 1 N–H and O–H groups in total. The van der Waals surface area contributed by atoms with E-state index >= 15 is 0 Å². The van der Waals surface area contributed by atoms with Gasteiger partial charge in [0.1, 0.15) is 11.5 Å². The lowest BCUT2D eigenvalue weighted by atomic mass is 9.84. The van der Waals surface area contributed by atoms with E-state index in [2.05, 4.69) is 61.5 Å². The van der Waals surface area contributed by atoms with Crippen molar-refractivity contribution in [2.75, 3.05) is 20.8 Å². The monoisotopic (exact) mass is 438 g/mol. The summed E-state index contributed by atoms with van der Waals surface area (Å²) in [6, 6.07) is 17.0. The summed E-state index contributed by atoms with van der Waals surface area (Å²) < 4.78 is 10.7. The molecule has 3 heteroatoms. The molecule has 0 aliphatic carbocycles. The van der Waals surface area contributed by atoms with Crippen molar-refractivity contribution >= 4 is 5.57 Å². The van der Waals surface area contributed by atoms with Crippen LogP contribution in [0.25, 0.3) is 5.57 Å². The van der Waals surface area contributed by atoms with E-state index in [1.54, 1.807) is 14.2 Å². The Balaban J connectivity index is 2.03. The van der Waals surface area contributed by atoms with Gasteiger partial charge in [-0.2, -0.15) is 0 Å². The molecule has 0 amide bonds. The van der Waals surface area contributed by atoms with Crippen LogP contribution in [0.5, 0.6) is 11.5 Å². The Morgan fingerprint density at radius 3 is 1.75 bits per heavy atom. The zero-order chi connectivity index (χ0) is 23.0. The quantitative estimate of drug-likeness (QED) is 0.272. The molecule has 0 spiro atoms. The second-order valence-corrected chi connectivity index (χ2v) is 8.46. The summed E-state index contributed by atoms with van der Waals surface area (Å²) >= 11 is 0. The van der Waals surface area contributed by atoms with Crippen molar-refractivity contribution in [3.8, 4) is 11.5 Å². The largest absolute Gasteiger partial charge is 0.497 e. The number of aliphatic hydroxyl groups is 1. The predicted molar refractivity (Wildman–Crippen MR) is 136 cm³/mol. The van der Waals surface area contributed by atoms with Gasteiger partial charge >= 0.3 is 0 Å². The number of benzene rings is 2. The van der Waals surface area contributed by atoms with E-state index in [4.69, 9.17) is 14.6 Å². The minimum absolute atomic E-state index is 0.331. The van der Waals surface area contributed by atoms with Crippen molar-refractivity contribution in [1.82, 2.24) is 0 Å². The molecule has 0 heterocycles. The maximum Gasteiger partial charge on any atom is 0.118 e. The summed E-state index contributed by atoms with van der Waals surface area (Å²) in [5.41, 5.74) is 4.01. The molecule has 176 valence electrons. The Morgan fingerprint density at radius 1 is 0.750 bits per heavy atom. The lowest BCUT2D eigenvalue weighted by Crippen LogP contribution is -2.02. The van der Waals surface area contributed by atoms with Crippen LogP contribution in [-0.4, -0.2) is 25.9 Å². The van der Waals surface area contributed by atoms with Crippen LogP contribution in [0.4, 0.5) is 0 Å². The molecule has 1 atom stereocenters. The van der Waals surface area contributed by atoms with Crippen molar-refractivity contribution in [2.45, 2.75) is 77.0 Å². The number of ether oxygens (including phenoxy) is 2. The summed E-state index contributed by atoms with van der Waals surface area (Å²) in [7, 11) is 3.43. The number of aliphatic hydroxyl groups excluding tert-OH is 1. The number of unbranched alkanes of at least 4 members (excludes halogenated alkanes) is 8. The molecule has 32 heavy (non-hydrogen) atoms. The zero-order valence-electron chi connectivity index (χ0n) is 20.3. The van der Waals surface area contributed by atoms with E-state index in [9.17, 15) is 0 Å². The van der Waals surface area contributed by atoms with Crippen LogP contribution in [-0.2, 0) is 0 Å². The number of allylic oxidation sites excluding steroid dienone is 2. The number of rotatable bonds is 16. The van der Waals surface area contributed by atoms with Gasteiger partial charge in [-0.25, -0.2) is 0 Å². The topological polar surface area (TPSA) is 38.7 Å². The van der Waals surface area contributed by atoms with Gasteiger partial charge in [0, 0.05) is 12.5 Å². The van der Waals surface area contributed by atoms with Crippen LogP contribution in [0.15, 0.2) is 54.6 Å². The normalized spacial score (nSPS) is 12.6. The lowest BCUT2D eigenvalue weighted by Gasteiger charge is -2.21. The molecule has 0 aliphatic heterocycles.